The van der Waals surface area contributed by atoms with Gasteiger partial charge in [-0.05, 0) is 43.7 Å². The highest BCUT2D eigenvalue weighted by Crippen LogP contribution is 2.26. The van der Waals surface area contributed by atoms with Crippen LogP contribution in [0.2, 0.25) is 0 Å². The lowest BCUT2D eigenvalue weighted by atomic mass is 9.89. The van der Waals surface area contributed by atoms with E-state index in [1.807, 2.05) is 30.3 Å². The Morgan fingerprint density at radius 1 is 1.00 bits per heavy atom. The Balaban J connectivity index is 1.87. The summed E-state index contributed by atoms with van der Waals surface area (Å²) in [4.78, 5) is 0. The fourth-order valence-corrected chi connectivity index (χ4v) is 2.04. The molecule has 0 amide bonds. The zero-order valence-electron chi connectivity index (χ0n) is 8.78. The van der Waals surface area contributed by atoms with Gasteiger partial charge in [0.05, 0.1) is 6.10 Å². The van der Waals surface area contributed by atoms with Crippen molar-refractivity contribution in [3.05, 3.63) is 30.3 Å². The molecule has 14 heavy (non-hydrogen) atoms. The first kappa shape index (κ1) is 9.57. The van der Waals surface area contributed by atoms with E-state index in [0.29, 0.717) is 6.10 Å². The second kappa shape index (κ2) is 4.50. The SMILES string of the molecule is C[C@H]1CC[C@H](Oc2ccccc2)CC1. The molecule has 0 aromatic heterocycles. The summed E-state index contributed by atoms with van der Waals surface area (Å²) in [5.41, 5.74) is 0. The fourth-order valence-electron chi connectivity index (χ4n) is 2.04. The number of benzene rings is 1. The Labute approximate surface area is 86.1 Å². The summed E-state index contributed by atoms with van der Waals surface area (Å²) >= 11 is 0. The smallest absolute Gasteiger partial charge is 0.119 e. The summed E-state index contributed by atoms with van der Waals surface area (Å²) < 4.78 is 5.90. The van der Waals surface area contributed by atoms with Crippen molar-refractivity contribution in [3.63, 3.8) is 0 Å². The van der Waals surface area contributed by atoms with Gasteiger partial charge in [0.1, 0.15) is 5.75 Å². The molecule has 0 heterocycles. The molecule has 0 radical (unpaired) electrons. The van der Waals surface area contributed by atoms with Crippen molar-refractivity contribution in [1.29, 1.82) is 0 Å². The monoisotopic (exact) mass is 190 g/mol. The van der Waals surface area contributed by atoms with E-state index in [9.17, 15) is 0 Å². The molecule has 0 atom stereocenters. The molecule has 0 aliphatic heterocycles. The quantitative estimate of drug-likeness (QED) is 0.691. The average Bonchev–Trinajstić information content (AvgIpc) is 2.23. The molecule has 0 unspecified atom stereocenters. The molecular formula is C13H18O. The Hall–Kier alpha value is -0.980. The van der Waals surface area contributed by atoms with Crippen LogP contribution in [0.4, 0.5) is 0 Å². The Kier molecular flexibility index (Phi) is 3.07. The van der Waals surface area contributed by atoms with Crippen molar-refractivity contribution in [2.24, 2.45) is 5.92 Å². The number of rotatable bonds is 2. The first-order valence-corrected chi connectivity index (χ1v) is 5.56. The third-order valence-corrected chi connectivity index (χ3v) is 3.01. The van der Waals surface area contributed by atoms with Crippen LogP contribution in [0.5, 0.6) is 5.75 Å². The summed E-state index contributed by atoms with van der Waals surface area (Å²) in [5.74, 6) is 1.91. The summed E-state index contributed by atoms with van der Waals surface area (Å²) in [6, 6.07) is 10.2. The predicted molar refractivity (Wildman–Crippen MR) is 58.5 cm³/mol. The van der Waals surface area contributed by atoms with Crippen LogP contribution >= 0.6 is 0 Å². The zero-order valence-corrected chi connectivity index (χ0v) is 8.78. The summed E-state index contributed by atoms with van der Waals surface area (Å²) in [7, 11) is 0. The van der Waals surface area contributed by atoms with Gasteiger partial charge in [-0.25, -0.2) is 0 Å². The van der Waals surface area contributed by atoms with Crippen molar-refractivity contribution in [3.8, 4) is 5.75 Å². The average molecular weight is 190 g/mol. The van der Waals surface area contributed by atoms with Gasteiger partial charge in [-0.15, -0.1) is 0 Å². The summed E-state index contributed by atoms with van der Waals surface area (Å²) in [5, 5.41) is 0. The highest BCUT2D eigenvalue weighted by molar-refractivity contribution is 5.21. The largest absolute Gasteiger partial charge is 0.490 e. The number of para-hydroxylation sites is 1. The Morgan fingerprint density at radius 3 is 2.29 bits per heavy atom. The van der Waals surface area contributed by atoms with E-state index >= 15 is 0 Å². The highest BCUT2D eigenvalue weighted by Gasteiger charge is 2.19. The molecule has 1 saturated carbocycles. The van der Waals surface area contributed by atoms with Crippen LogP contribution in [0, 0.1) is 5.92 Å². The summed E-state index contributed by atoms with van der Waals surface area (Å²) in [6.45, 7) is 2.33. The second-order valence-corrected chi connectivity index (χ2v) is 4.31. The number of ether oxygens (including phenoxy) is 1. The van der Waals surface area contributed by atoms with E-state index in [1.165, 1.54) is 25.7 Å². The molecule has 0 spiro atoms. The van der Waals surface area contributed by atoms with Crippen LogP contribution in [0.1, 0.15) is 32.6 Å². The Bertz CT molecular complexity index is 260. The molecular weight excluding hydrogens is 172 g/mol. The molecule has 76 valence electrons. The fraction of sp³-hybridized carbons (Fsp3) is 0.538. The molecule has 1 aliphatic carbocycles. The van der Waals surface area contributed by atoms with Crippen LogP contribution in [-0.4, -0.2) is 6.10 Å². The molecule has 1 aliphatic rings. The van der Waals surface area contributed by atoms with Crippen LogP contribution in [-0.2, 0) is 0 Å². The summed E-state index contributed by atoms with van der Waals surface area (Å²) in [6.07, 6.45) is 5.52. The van der Waals surface area contributed by atoms with Gasteiger partial charge in [0.15, 0.2) is 0 Å². The molecule has 1 heteroatoms. The Morgan fingerprint density at radius 2 is 1.64 bits per heavy atom. The first-order chi connectivity index (χ1) is 6.84. The zero-order chi connectivity index (χ0) is 9.80. The van der Waals surface area contributed by atoms with Crippen LogP contribution in [0.15, 0.2) is 30.3 Å². The minimum absolute atomic E-state index is 0.452. The maximum Gasteiger partial charge on any atom is 0.119 e. The van der Waals surface area contributed by atoms with E-state index in [0.717, 1.165) is 11.7 Å². The number of hydrogen-bond acceptors (Lipinski definition) is 1. The third kappa shape index (κ3) is 2.50. The maximum absolute atomic E-state index is 5.90. The van der Waals surface area contributed by atoms with Crippen molar-refractivity contribution in [1.82, 2.24) is 0 Å². The van der Waals surface area contributed by atoms with Gasteiger partial charge >= 0.3 is 0 Å². The molecule has 0 N–H and O–H groups in total. The normalized spacial score (nSPS) is 27.2. The van der Waals surface area contributed by atoms with Crippen molar-refractivity contribution in [2.75, 3.05) is 0 Å². The minimum Gasteiger partial charge on any atom is -0.490 e. The van der Waals surface area contributed by atoms with Gasteiger partial charge in [0.25, 0.3) is 0 Å². The van der Waals surface area contributed by atoms with Gasteiger partial charge < -0.3 is 4.74 Å². The van der Waals surface area contributed by atoms with Gasteiger partial charge in [0, 0.05) is 0 Å². The van der Waals surface area contributed by atoms with E-state index in [4.69, 9.17) is 4.74 Å². The molecule has 1 aromatic carbocycles. The van der Waals surface area contributed by atoms with E-state index in [-0.39, 0.29) is 0 Å². The highest BCUT2D eigenvalue weighted by atomic mass is 16.5. The van der Waals surface area contributed by atoms with Gasteiger partial charge in [-0.2, -0.15) is 0 Å². The molecule has 1 fully saturated rings. The predicted octanol–water partition coefficient (Wildman–Crippen LogP) is 3.64. The minimum atomic E-state index is 0.452. The van der Waals surface area contributed by atoms with Gasteiger partial charge in [0.2, 0.25) is 0 Å². The molecule has 1 aromatic rings. The maximum atomic E-state index is 5.90. The lowest BCUT2D eigenvalue weighted by Gasteiger charge is -2.26. The lowest BCUT2D eigenvalue weighted by Crippen LogP contribution is -2.22. The van der Waals surface area contributed by atoms with Crippen LogP contribution in [0.25, 0.3) is 0 Å². The topological polar surface area (TPSA) is 9.23 Å². The van der Waals surface area contributed by atoms with E-state index in [1.54, 1.807) is 0 Å². The number of hydrogen-bond donors (Lipinski definition) is 0. The van der Waals surface area contributed by atoms with Crippen LogP contribution in [0.3, 0.4) is 0 Å². The van der Waals surface area contributed by atoms with Crippen molar-refractivity contribution < 1.29 is 4.74 Å². The lowest BCUT2D eigenvalue weighted by molar-refractivity contribution is 0.135. The molecule has 0 bridgehead atoms. The van der Waals surface area contributed by atoms with Gasteiger partial charge in [-0.3, -0.25) is 0 Å². The van der Waals surface area contributed by atoms with Crippen LogP contribution < -0.4 is 4.74 Å². The van der Waals surface area contributed by atoms with Crippen molar-refractivity contribution in [2.45, 2.75) is 38.7 Å². The van der Waals surface area contributed by atoms with E-state index < -0.39 is 0 Å². The standard InChI is InChI=1S/C13H18O/c1-11-7-9-13(10-8-11)14-12-5-3-2-4-6-12/h2-6,11,13H,7-10H2,1H3/t11-,13-. The second-order valence-electron chi connectivity index (χ2n) is 4.31. The van der Waals surface area contributed by atoms with Gasteiger partial charge in [-0.1, -0.05) is 25.1 Å². The van der Waals surface area contributed by atoms with E-state index in [2.05, 4.69) is 6.92 Å². The third-order valence-electron chi connectivity index (χ3n) is 3.01. The first-order valence-electron chi connectivity index (χ1n) is 5.56. The molecule has 1 nitrogen and oxygen atoms in total. The van der Waals surface area contributed by atoms with Crippen molar-refractivity contribution >= 4 is 0 Å². The molecule has 0 saturated heterocycles. The molecule has 2 rings (SSSR count).